The van der Waals surface area contributed by atoms with Gasteiger partial charge in [-0.2, -0.15) is 0 Å². The summed E-state index contributed by atoms with van der Waals surface area (Å²) < 4.78 is 0. The Morgan fingerprint density at radius 2 is 2.50 bits per heavy atom. The monoisotopic (exact) mass is 90.0 g/mol. The van der Waals surface area contributed by atoms with Gasteiger partial charge in [0.15, 0.2) is 0 Å². The summed E-state index contributed by atoms with van der Waals surface area (Å²) in [6, 6.07) is 0. The zero-order chi connectivity index (χ0) is 4.99. The van der Waals surface area contributed by atoms with E-state index < -0.39 is 0 Å². The minimum atomic E-state index is -0.181. The molecule has 0 heterocycles. The Morgan fingerprint density at radius 1 is 2.00 bits per heavy atom. The van der Waals surface area contributed by atoms with E-state index in [1.54, 1.807) is 0 Å². The molecule has 36 valence electrons. The maximum absolute atomic E-state index is 9.51. The third-order valence-corrected chi connectivity index (χ3v) is 0.265. The van der Waals surface area contributed by atoms with Gasteiger partial charge in [0.2, 0.25) is 0 Å². The largest absolute Gasteiger partial charge is 0.724 e. The lowest BCUT2D eigenvalue weighted by Gasteiger charge is -2.15. The molecule has 5 heteroatoms. The zero-order valence-corrected chi connectivity index (χ0v) is 3.21. The number of hydrogen-bond donors (Lipinski definition) is 1. The summed E-state index contributed by atoms with van der Waals surface area (Å²) in [6.07, 6.45) is 0. The van der Waals surface area contributed by atoms with E-state index in [-0.39, 0.29) is 5.28 Å². The lowest BCUT2D eigenvalue weighted by molar-refractivity contribution is 0.312. The number of hydrogen-bond acceptors (Lipinski definition) is 4. The van der Waals surface area contributed by atoms with Crippen molar-refractivity contribution in [1.29, 1.82) is 0 Å². The Kier molecular flexibility index (Phi) is 2.26. The summed E-state index contributed by atoms with van der Waals surface area (Å²) >= 11 is 0. The first-order valence-electron chi connectivity index (χ1n) is 1.29. The molecule has 0 unspecified atom stereocenters. The van der Waals surface area contributed by atoms with Gasteiger partial charge in [-0.25, -0.2) is 5.43 Å². The van der Waals surface area contributed by atoms with Crippen molar-refractivity contribution in [2.45, 2.75) is 0 Å². The third kappa shape index (κ3) is 1.62. The molecule has 0 spiro atoms. The topological polar surface area (TPSA) is 67.8 Å². The second-order valence-electron chi connectivity index (χ2n) is 0.578. The Morgan fingerprint density at radius 3 is 2.50 bits per heavy atom. The fourth-order valence-corrected chi connectivity index (χ4v) is 0.0408. The van der Waals surface area contributed by atoms with Gasteiger partial charge >= 0.3 is 0 Å². The van der Waals surface area contributed by atoms with E-state index in [9.17, 15) is 5.21 Å². The van der Waals surface area contributed by atoms with Crippen molar-refractivity contribution in [3.8, 4) is 0 Å². The molecule has 0 fully saturated rings. The quantitative estimate of drug-likeness (QED) is 0.370. The smallest absolute Gasteiger partial charge is 0.0576 e. The number of nitrogens with one attached hydrogen (secondary N) is 1. The standard InChI is InChI=1S/CH4N3O2/c1-2-4(6)3-5/h2H,1H3/q-1. The van der Waals surface area contributed by atoms with Crippen molar-refractivity contribution in [2.24, 2.45) is 5.29 Å². The first-order chi connectivity index (χ1) is 2.81. The Labute approximate surface area is 34.4 Å². The minimum Gasteiger partial charge on any atom is -0.724 e. The van der Waals surface area contributed by atoms with E-state index in [2.05, 4.69) is 0 Å². The van der Waals surface area contributed by atoms with E-state index in [1.807, 2.05) is 10.7 Å². The number of hydrazine groups is 1. The fourth-order valence-electron chi connectivity index (χ4n) is 0.0408. The van der Waals surface area contributed by atoms with Gasteiger partial charge in [-0.1, -0.05) is 0 Å². The van der Waals surface area contributed by atoms with E-state index in [0.29, 0.717) is 0 Å². The lowest BCUT2D eigenvalue weighted by atomic mass is 11.5. The first-order valence-corrected chi connectivity index (χ1v) is 1.29. The van der Waals surface area contributed by atoms with Crippen LogP contribution in [0, 0.1) is 10.1 Å². The predicted octanol–water partition coefficient (Wildman–Crippen LogP) is -0.398. The van der Waals surface area contributed by atoms with Crippen LogP contribution < -0.4 is 5.43 Å². The average Bonchev–Trinajstić information content (AvgIpc) is 1.65. The highest BCUT2D eigenvalue weighted by atomic mass is 16.6. The van der Waals surface area contributed by atoms with Crippen molar-refractivity contribution in [3.63, 3.8) is 0 Å². The number of rotatable bonds is 2. The molecule has 0 saturated carbocycles. The Bertz CT molecular complexity index is 46.1. The summed E-state index contributed by atoms with van der Waals surface area (Å²) in [5.41, 5.74) is 1.91. The molecule has 0 rings (SSSR count). The molecule has 0 radical (unpaired) electrons. The third-order valence-electron chi connectivity index (χ3n) is 0.265. The SMILES string of the molecule is CNN([O-])N=O. The van der Waals surface area contributed by atoms with Crippen LogP contribution in [0.1, 0.15) is 0 Å². The summed E-state index contributed by atoms with van der Waals surface area (Å²) in [7, 11) is 1.30. The van der Waals surface area contributed by atoms with Gasteiger partial charge in [-0.3, -0.25) is 5.28 Å². The molecule has 0 amide bonds. The molecule has 0 aromatic rings. The highest BCUT2D eigenvalue weighted by Crippen LogP contribution is 1.68. The number of nitroso groups, excluding NO2 is 1. The molecule has 0 aromatic carbocycles. The van der Waals surface area contributed by atoms with Gasteiger partial charge < -0.3 is 5.21 Å². The van der Waals surface area contributed by atoms with Crippen LogP contribution in [-0.4, -0.2) is 12.3 Å². The number of nitrogens with zero attached hydrogens (tertiary/aromatic N) is 2. The molecule has 0 aliphatic rings. The Balaban J connectivity index is 2.96. The van der Waals surface area contributed by atoms with Crippen LogP contribution in [0.15, 0.2) is 5.29 Å². The second-order valence-corrected chi connectivity index (χ2v) is 0.578. The molecule has 0 aliphatic heterocycles. The van der Waals surface area contributed by atoms with Gasteiger partial charge in [0, 0.05) is 7.05 Å². The van der Waals surface area contributed by atoms with Crippen molar-refractivity contribution in [1.82, 2.24) is 10.7 Å². The van der Waals surface area contributed by atoms with Crippen LogP contribution in [-0.2, 0) is 0 Å². The maximum Gasteiger partial charge on any atom is 0.0576 e. The van der Waals surface area contributed by atoms with Crippen LogP contribution in [0.3, 0.4) is 0 Å². The molecule has 0 atom stereocenters. The molecule has 6 heavy (non-hydrogen) atoms. The summed E-state index contributed by atoms with van der Waals surface area (Å²) in [5, 5.41) is 11.2. The zero-order valence-electron chi connectivity index (χ0n) is 3.21. The van der Waals surface area contributed by atoms with Gasteiger partial charge in [-0.05, 0) is 0 Å². The minimum absolute atomic E-state index is 0.181. The van der Waals surface area contributed by atoms with Gasteiger partial charge in [0.1, 0.15) is 0 Å². The molecule has 0 aromatic heterocycles. The van der Waals surface area contributed by atoms with Gasteiger partial charge in [0.05, 0.1) is 5.29 Å². The first kappa shape index (κ1) is 5.32. The van der Waals surface area contributed by atoms with Crippen LogP contribution in [0.25, 0.3) is 0 Å². The molecule has 0 aliphatic carbocycles. The van der Waals surface area contributed by atoms with Crippen molar-refractivity contribution >= 4 is 0 Å². The Hall–Kier alpha value is -0.680. The maximum atomic E-state index is 9.51. The molecule has 0 saturated heterocycles. The fraction of sp³-hybridized carbons (Fsp3) is 1.00. The van der Waals surface area contributed by atoms with E-state index in [1.165, 1.54) is 7.05 Å². The van der Waals surface area contributed by atoms with Crippen molar-refractivity contribution in [3.05, 3.63) is 10.1 Å². The van der Waals surface area contributed by atoms with Crippen LogP contribution in [0.2, 0.25) is 0 Å². The normalized spacial score (nSPS) is 7.67. The van der Waals surface area contributed by atoms with Gasteiger partial charge in [-0.15, -0.1) is 4.91 Å². The summed E-state index contributed by atoms with van der Waals surface area (Å²) in [6.45, 7) is 0. The van der Waals surface area contributed by atoms with E-state index in [4.69, 9.17) is 4.91 Å². The highest BCUT2D eigenvalue weighted by Gasteiger charge is 1.68. The molecular weight excluding hydrogens is 86.0 g/mol. The molecule has 5 nitrogen and oxygen atoms in total. The molecular formula is CH4N3O2-. The van der Waals surface area contributed by atoms with Crippen molar-refractivity contribution in [2.75, 3.05) is 7.05 Å². The van der Waals surface area contributed by atoms with Crippen LogP contribution >= 0.6 is 0 Å². The molecule has 0 bridgehead atoms. The van der Waals surface area contributed by atoms with Gasteiger partial charge in [0.25, 0.3) is 0 Å². The molecule has 1 N–H and O–H groups in total. The summed E-state index contributed by atoms with van der Waals surface area (Å²) in [4.78, 5) is 9.04. The van der Waals surface area contributed by atoms with Crippen LogP contribution in [0.4, 0.5) is 0 Å². The second kappa shape index (κ2) is 2.55. The van der Waals surface area contributed by atoms with Crippen molar-refractivity contribution < 1.29 is 0 Å². The summed E-state index contributed by atoms with van der Waals surface area (Å²) in [5.74, 6) is 0. The lowest BCUT2D eigenvalue weighted by Crippen LogP contribution is -2.21. The predicted molar refractivity (Wildman–Crippen MR) is 20.1 cm³/mol. The average molecular weight is 90.1 g/mol. The van der Waals surface area contributed by atoms with E-state index in [0.717, 1.165) is 0 Å². The van der Waals surface area contributed by atoms with Crippen LogP contribution in [0.5, 0.6) is 0 Å². The van der Waals surface area contributed by atoms with E-state index >= 15 is 0 Å². The highest BCUT2D eigenvalue weighted by molar-refractivity contribution is 4.31.